The van der Waals surface area contributed by atoms with Gasteiger partial charge in [0.05, 0.1) is 16.7 Å². The van der Waals surface area contributed by atoms with Gasteiger partial charge in [0, 0.05) is 0 Å². The summed E-state index contributed by atoms with van der Waals surface area (Å²) in [6.45, 7) is 7.11. The Bertz CT molecular complexity index is 3740. The summed E-state index contributed by atoms with van der Waals surface area (Å²) >= 11 is 0. The summed E-state index contributed by atoms with van der Waals surface area (Å²) in [5.41, 5.74) is -37.7. The molecule has 0 radical (unpaired) electrons. The van der Waals surface area contributed by atoms with Crippen LogP contribution < -0.4 is 21.9 Å². The van der Waals surface area contributed by atoms with Crippen LogP contribution in [0.15, 0.2) is 79.9 Å². The van der Waals surface area contributed by atoms with Gasteiger partial charge in [0.25, 0.3) is 0 Å². The van der Waals surface area contributed by atoms with E-state index in [-0.39, 0.29) is 22.3 Å². The van der Waals surface area contributed by atoms with Gasteiger partial charge in [-0.1, -0.05) is 73.8 Å². The van der Waals surface area contributed by atoms with E-state index in [9.17, 15) is 39.5 Å². The van der Waals surface area contributed by atoms with E-state index >= 15 is 87.8 Å². The second-order valence-electron chi connectivity index (χ2n) is 18.0. The van der Waals surface area contributed by atoms with Crippen LogP contribution in [0.25, 0.3) is 56.7 Å². The summed E-state index contributed by atoms with van der Waals surface area (Å²) in [5.74, 6) is -81.8. The molecule has 30 heteroatoms. The van der Waals surface area contributed by atoms with Crippen LogP contribution in [0.2, 0.25) is 0 Å². The van der Waals surface area contributed by atoms with E-state index in [0.717, 1.165) is 12.1 Å². The first-order valence-corrected chi connectivity index (χ1v) is 22.7. The quantitative estimate of drug-likeness (QED) is 0.0727. The first-order valence-electron chi connectivity index (χ1n) is 22.7. The fraction of sp³-hybridized carbons (Fsp3) is 0.0545. The molecule has 0 saturated heterocycles. The second kappa shape index (κ2) is 21.4. The second-order valence-corrected chi connectivity index (χ2v) is 18.0. The molecule has 0 nitrogen and oxygen atoms in total. The Labute approximate surface area is 453 Å². The van der Waals surface area contributed by atoms with E-state index in [2.05, 4.69) is 13.2 Å². The molecular weight excluding hydrogens is 1220 g/mol. The van der Waals surface area contributed by atoms with Crippen LogP contribution in [0.4, 0.5) is 127 Å². The Morgan fingerprint density at radius 2 is 0.447 bits per heavy atom. The molecule has 0 saturated carbocycles. The van der Waals surface area contributed by atoms with Gasteiger partial charge in [-0.2, -0.15) is 39.5 Å². The highest BCUT2D eigenvalue weighted by Gasteiger charge is 2.56. The van der Waals surface area contributed by atoms with E-state index < -0.39 is 202 Å². The van der Waals surface area contributed by atoms with Crippen LogP contribution in [-0.4, -0.2) is 6.15 Å². The minimum Gasteiger partial charge on any atom is -0.207 e. The van der Waals surface area contributed by atoms with Gasteiger partial charge in [0.2, 0.25) is 0 Å². The fourth-order valence-electron chi connectivity index (χ4n) is 9.78. The zero-order chi connectivity index (χ0) is 63.6. The molecule has 0 heterocycles. The van der Waals surface area contributed by atoms with Crippen LogP contribution in [0.3, 0.4) is 0 Å². The third kappa shape index (κ3) is 9.59. The molecule has 0 aliphatic carbocycles. The van der Waals surface area contributed by atoms with Gasteiger partial charge < -0.3 is 0 Å². The highest BCUT2D eigenvalue weighted by molar-refractivity contribution is 7.20. The van der Waals surface area contributed by atoms with Gasteiger partial charge in [-0.15, -0.1) is 21.9 Å². The number of hydrogen-bond acceptors (Lipinski definition) is 0. The van der Waals surface area contributed by atoms with E-state index in [0.29, 0.717) is 11.1 Å². The molecule has 0 spiro atoms. The number of rotatable bonds is 10. The standard InChI is InChI=1S/C55H17BF29/c1-3-16-5-9-18(10-6-16)20-13-21(19-11-7-17(4-2)8-12-19)15-22(14-20)23-33(57)35(59)24(36(60)34(23)58)25-37(61)45(69)29(46(70)38(25)62)56(30-47(71)39(63)26(53(77,78)79)40(64)48(30)72,31-49(73)41(65)27(54(80,81)82)42(66)50(31)74)32-51(75)43(67)28(55(83,84)85)44(68)52(32)76/h3-15H,1-2H2/q-1. The monoisotopic (exact) mass is 1240 g/mol. The van der Waals surface area contributed by atoms with Crippen LogP contribution in [0, 0.1) is 116 Å². The van der Waals surface area contributed by atoms with Crippen molar-refractivity contribution in [3.8, 4) is 44.5 Å². The van der Waals surface area contributed by atoms with E-state index in [4.69, 9.17) is 0 Å². The SMILES string of the molecule is C=Cc1ccc(-c2cc(-c3ccc(C=C)cc3)cc(-c3c(F)c(F)c(-c4c(F)c(F)c([B-](c5c(F)c(F)c(C(F)(F)F)c(F)c5F)(c5c(F)c(F)c(C(F)(F)F)c(F)c5F)c5c(F)c(F)c(C(F)(F)F)c(F)c5F)c(F)c4F)c(F)c3F)c2)cc1. The van der Waals surface area contributed by atoms with Crippen molar-refractivity contribution in [2.24, 2.45) is 0 Å². The number of halogens is 29. The molecule has 8 aromatic rings. The minimum atomic E-state index is -8.32. The molecule has 0 amide bonds. The Kier molecular flexibility index (Phi) is 15.7. The third-order valence-corrected chi connectivity index (χ3v) is 13.5. The van der Waals surface area contributed by atoms with E-state index in [1.165, 1.54) is 66.7 Å². The molecule has 0 aliphatic heterocycles. The van der Waals surface area contributed by atoms with E-state index in [1.807, 2.05) is 0 Å². The molecular formula is C55H17BF29-. The lowest BCUT2D eigenvalue weighted by Gasteiger charge is -2.45. The normalized spacial score (nSPS) is 12.4. The van der Waals surface area contributed by atoms with Crippen LogP contribution in [-0.2, 0) is 18.5 Å². The maximum absolute atomic E-state index is 17.4. The zero-order valence-corrected chi connectivity index (χ0v) is 40.5. The Hall–Kier alpha value is -8.73. The van der Waals surface area contributed by atoms with Gasteiger partial charge in [-0.25, -0.2) is 87.8 Å². The third-order valence-electron chi connectivity index (χ3n) is 13.5. The minimum absolute atomic E-state index is 0.0659. The molecule has 444 valence electrons. The summed E-state index contributed by atoms with van der Waals surface area (Å²) in [7, 11) is 0. The van der Waals surface area contributed by atoms with Crippen molar-refractivity contribution in [3.05, 3.63) is 224 Å². The predicted molar refractivity (Wildman–Crippen MR) is 246 cm³/mol. The van der Waals surface area contributed by atoms with E-state index in [1.54, 1.807) is 0 Å². The maximum atomic E-state index is 17.4. The van der Waals surface area contributed by atoms with Gasteiger partial charge in [0.1, 0.15) is 69.4 Å². The predicted octanol–water partition coefficient (Wildman–Crippen LogP) is 16.9. The number of hydrogen-bond donors (Lipinski definition) is 0. The van der Waals surface area contributed by atoms with Crippen LogP contribution in [0.5, 0.6) is 0 Å². The summed E-state index contributed by atoms with van der Waals surface area (Å²) in [6.07, 6.45) is -26.5. The number of benzene rings is 8. The van der Waals surface area contributed by atoms with Crippen LogP contribution >= 0.6 is 0 Å². The van der Waals surface area contributed by atoms with Crippen LogP contribution in [0.1, 0.15) is 27.8 Å². The van der Waals surface area contributed by atoms with Crippen molar-refractivity contribution in [2.45, 2.75) is 18.5 Å². The van der Waals surface area contributed by atoms with Crippen molar-refractivity contribution >= 4 is 40.1 Å². The summed E-state index contributed by atoms with van der Waals surface area (Å²) in [5, 5.41) is 0. The van der Waals surface area contributed by atoms with Crippen molar-refractivity contribution in [1.82, 2.24) is 0 Å². The van der Waals surface area contributed by atoms with Gasteiger partial charge in [-0.3, -0.25) is 0 Å². The molecule has 0 aliphatic rings. The molecule has 0 bridgehead atoms. The van der Waals surface area contributed by atoms with Gasteiger partial charge in [-0.05, 0) is 57.1 Å². The van der Waals surface area contributed by atoms with Gasteiger partial charge >= 0.3 is 18.5 Å². The molecule has 8 aromatic carbocycles. The number of alkyl halides is 9. The maximum Gasteiger partial charge on any atom is 0.422 e. The van der Waals surface area contributed by atoms with Crippen molar-refractivity contribution in [3.63, 3.8) is 0 Å². The molecule has 85 heavy (non-hydrogen) atoms. The molecule has 0 atom stereocenters. The summed E-state index contributed by atoms with van der Waals surface area (Å²) in [4.78, 5) is 0. The van der Waals surface area contributed by atoms with Crippen molar-refractivity contribution in [1.29, 1.82) is 0 Å². The van der Waals surface area contributed by atoms with Gasteiger partial charge in [0.15, 0.2) is 69.8 Å². The Morgan fingerprint density at radius 1 is 0.247 bits per heavy atom. The highest BCUT2D eigenvalue weighted by atomic mass is 19.4. The van der Waals surface area contributed by atoms with Crippen molar-refractivity contribution < 1.29 is 127 Å². The van der Waals surface area contributed by atoms with Crippen molar-refractivity contribution in [2.75, 3.05) is 0 Å². The highest BCUT2D eigenvalue weighted by Crippen LogP contribution is 2.45. The molecule has 0 fully saturated rings. The average Bonchev–Trinajstić information content (AvgIpc) is 0.699. The lowest BCUT2D eigenvalue weighted by Crippen LogP contribution is -2.81. The smallest absolute Gasteiger partial charge is 0.207 e. The molecule has 8 rings (SSSR count). The average molecular weight is 1240 g/mol. The first kappa shape index (κ1) is 62.3. The largest absolute Gasteiger partial charge is 0.422 e. The first-order chi connectivity index (χ1) is 39.3. The lowest BCUT2D eigenvalue weighted by molar-refractivity contribution is -0.144. The molecule has 0 aromatic heterocycles. The Balaban J connectivity index is 1.59. The fourth-order valence-corrected chi connectivity index (χ4v) is 9.78. The summed E-state index contributed by atoms with van der Waals surface area (Å²) in [6, 6.07) is 14.2. The topological polar surface area (TPSA) is 0 Å². The Morgan fingerprint density at radius 3 is 0.671 bits per heavy atom. The molecule has 0 unspecified atom stereocenters. The zero-order valence-electron chi connectivity index (χ0n) is 40.5. The summed E-state index contributed by atoms with van der Waals surface area (Å²) < 4.78 is 455. The molecule has 0 N–H and O–H groups in total. The lowest BCUT2D eigenvalue weighted by atomic mass is 9.12.